The SMILES string of the molecule is CC(=O)Nc1nc2ccc(-c3cnc(Cl)c(NSc4ccc(C)cc4)c3)cc2s1. The van der Waals surface area contributed by atoms with Gasteiger partial charge in [-0.2, -0.15) is 0 Å². The van der Waals surface area contributed by atoms with E-state index < -0.39 is 0 Å². The monoisotopic (exact) mass is 440 g/mol. The van der Waals surface area contributed by atoms with E-state index >= 15 is 0 Å². The van der Waals surface area contributed by atoms with Crippen molar-refractivity contribution >= 4 is 61.8 Å². The van der Waals surface area contributed by atoms with Gasteiger partial charge in [-0.15, -0.1) is 0 Å². The minimum atomic E-state index is -0.132. The number of amides is 1. The molecule has 0 spiro atoms. The maximum absolute atomic E-state index is 11.3. The summed E-state index contributed by atoms with van der Waals surface area (Å²) in [5.41, 5.74) is 4.76. The largest absolute Gasteiger partial charge is 0.323 e. The summed E-state index contributed by atoms with van der Waals surface area (Å²) in [6, 6.07) is 16.2. The van der Waals surface area contributed by atoms with Gasteiger partial charge in [0, 0.05) is 23.6 Å². The van der Waals surface area contributed by atoms with E-state index in [0.717, 1.165) is 31.9 Å². The van der Waals surface area contributed by atoms with Gasteiger partial charge in [0.05, 0.1) is 15.9 Å². The molecule has 0 atom stereocenters. The number of halogens is 1. The van der Waals surface area contributed by atoms with Crippen LogP contribution in [0.5, 0.6) is 0 Å². The molecular weight excluding hydrogens is 424 g/mol. The first-order valence-corrected chi connectivity index (χ1v) is 10.8. The van der Waals surface area contributed by atoms with Crippen molar-refractivity contribution in [3.8, 4) is 11.1 Å². The molecule has 8 heteroatoms. The highest BCUT2D eigenvalue weighted by atomic mass is 35.5. The van der Waals surface area contributed by atoms with Crippen LogP contribution in [-0.4, -0.2) is 15.9 Å². The first-order chi connectivity index (χ1) is 14.0. The number of hydrogen-bond donors (Lipinski definition) is 2. The fourth-order valence-corrected chi connectivity index (χ4v) is 4.52. The zero-order chi connectivity index (χ0) is 20.4. The number of aromatic nitrogens is 2. The molecule has 0 aliphatic carbocycles. The molecule has 2 aromatic heterocycles. The number of carbonyl (C=O) groups is 1. The number of thiazole rings is 1. The van der Waals surface area contributed by atoms with Gasteiger partial charge in [0.25, 0.3) is 0 Å². The summed E-state index contributed by atoms with van der Waals surface area (Å²) in [5, 5.41) is 3.74. The molecule has 1 amide bonds. The third kappa shape index (κ3) is 4.70. The van der Waals surface area contributed by atoms with Crippen molar-refractivity contribution in [1.82, 2.24) is 9.97 Å². The molecule has 146 valence electrons. The van der Waals surface area contributed by atoms with Crippen LogP contribution in [0.3, 0.4) is 0 Å². The number of rotatable bonds is 5. The standard InChI is InChI=1S/C21H17ClN4OS2/c1-12-3-6-16(7-4-12)29-26-18-9-15(11-23-20(18)22)14-5-8-17-19(10-14)28-21(25-17)24-13(2)27/h3-11,26H,1-2H3,(H,24,25,27). The molecule has 2 aromatic carbocycles. The first-order valence-electron chi connectivity index (χ1n) is 8.81. The van der Waals surface area contributed by atoms with Gasteiger partial charge in [-0.3, -0.25) is 4.79 Å². The van der Waals surface area contributed by atoms with Gasteiger partial charge < -0.3 is 10.0 Å². The Morgan fingerprint density at radius 2 is 1.90 bits per heavy atom. The van der Waals surface area contributed by atoms with Crippen LogP contribution in [0.1, 0.15) is 12.5 Å². The quantitative estimate of drug-likeness (QED) is 0.277. The summed E-state index contributed by atoms with van der Waals surface area (Å²) < 4.78 is 4.28. The van der Waals surface area contributed by atoms with Crippen molar-refractivity contribution < 1.29 is 4.79 Å². The van der Waals surface area contributed by atoms with Gasteiger partial charge in [-0.05, 0) is 54.8 Å². The maximum atomic E-state index is 11.3. The van der Waals surface area contributed by atoms with E-state index in [4.69, 9.17) is 11.6 Å². The molecule has 0 bridgehead atoms. The molecule has 29 heavy (non-hydrogen) atoms. The highest BCUT2D eigenvalue weighted by Gasteiger charge is 2.10. The van der Waals surface area contributed by atoms with E-state index in [9.17, 15) is 4.79 Å². The Bertz CT molecular complexity index is 1190. The van der Waals surface area contributed by atoms with Crippen LogP contribution < -0.4 is 10.0 Å². The van der Waals surface area contributed by atoms with E-state index in [-0.39, 0.29) is 5.91 Å². The van der Waals surface area contributed by atoms with Crippen LogP contribution in [-0.2, 0) is 4.79 Å². The number of aryl methyl sites for hydroxylation is 1. The smallest absolute Gasteiger partial charge is 0.223 e. The van der Waals surface area contributed by atoms with Gasteiger partial charge in [-0.25, -0.2) is 9.97 Å². The number of nitrogens with zero attached hydrogens (tertiary/aromatic N) is 2. The van der Waals surface area contributed by atoms with E-state index in [1.807, 2.05) is 24.3 Å². The number of anilines is 2. The van der Waals surface area contributed by atoms with Crippen molar-refractivity contribution in [3.05, 3.63) is 65.4 Å². The summed E-state index contributed by atoms with van der Waals surface area (Å²) in [6.07, 6.45) is 1.75. The average molecular weight is 441 g/mol. The summed E-state index contributed by atoms with van der Waals surface area (Å²) >= 11 is 9.22. The zero-order valence-electron chi connectivity index (χ0n) is 15.7. The van der Waals surface area contributed by atoms with Crippen LogP contribution in [0.2, 0.25) is 5.15 Å². The predicted molar refractivity (Wildman–Crippen MR) is 123 cm³/mol. The molecule has 5 nitrogen and oxygen atoms in total. The van der Waals surface area contributed by atoms with Crippen LogP contribution >= 0.6 is 34.9 Å². The van der Waals surface area contributed by atoms with Crippen molar-refractivity contribution in [2.75, 3.05) is 10.0 Å². The Kier molecular flexibility index (Phi) is 5.71. The Morgan fingerprint density at radius 3 is 2.66 bits per heavy atom. The molecule has 0 aliphatic rings. The Balaban J connectivity index is 1.58. The Hall–Kier alpha value is -2.61. The van der Waals surface area contributed by atoms with Crippen molar-refractivity contribution in [1.29, 1.82) is 0 Å². The molecule has 0 aliphatic heterocycles. The molecule has 2 N–H and O–H groups in total. The second-order valence-corrected chi connectivity index (χ2v) is 8.73. The first kappa shape index (κ1) is 19.7. The highest BCUT2D eigenvalue weighted by Crippen LogP contribution is 2.33. The molecule has 4 aromatic rings. The van der Waals surface area contributed by atoms with E-state index in [0.29, 0.717) is 10.3 Å². The van der Waals surface area contributed by atoms with Gasteiger partial charge in [0.15, 0.2) is 10.3 Å². The second-order valence-electron chi connectivity index (χ2n) is 6.46. The maximum Gasteiger partial charge on any atom is 0.223 e. The van der Waals surface area contributed by atoms with Crippen LogP contribution in [0.25, 0.3) is 21.3 Å². The van der Waals surface area contributed by atoms with Crippen LogP contribution in [0.15, 0.2) is 59.6 Å². The van der Waals surface area contributed by atoms with Crippen LogP contribution in [0.4, 0.5) is 10.8 Å². The van der Waals surface area contributed by atoms with E-state index in [1.165, 1.54) is 35.8 Å². The summed E-state index contributed by atoms with van der Waals surface area (Å²) in [6.45, 7) is 3.53. The van der Waals surface area contributed by atoms with Crippen molar-refractivity contribution in [2.24, 2.45) is 0 Å². The minimum Gasteiger partial charge on any atom is -0.323 e. The lowest BCUT2D eigenvalue weighted by molar-refractivity contribution is -0.114. The van der Waals surface area contributed by atoms with Crippen molar-refractivity contribution in [3.63, 3.8) is 0 Å². The number of fused-ring (bicyclic) bond motifs is 1. The van der Waals surface area contributed by atoms with E-state index in [1.54, 1.807) is 6.20 Å². The molecule has 0 fully saturated rings. The predicted octanol–water partition coefficient (Wildman–Crippen LogP) is 6.40. The van der Waals surface area contributed by atoms with Gasteiger partial charge >= 0.3 is 0 Å². The fraction of sp³-hybridized carbons (Fsp3) is 0.0952. The lowest BCUT2D eigenvalue weighted by Crippen LogP contribution is -2.04. The average Bonchev–Trinajstić information content (AvgIpc) is 3.09. The molecule has 0 radical (unpaired) electrons. The molecule has 4 rings (SSSR count). The third-order valence-electron chi connectivity index (χ3n) is 4.14. The fourth-order valence-electron chi connectivity index (χ4n) is 2.71. The number of benzene rings is 2. The minimum absolute atomic E-state index is 0.132. The lowest BCUT2D eigenvalue weighted by atomic mass is 10.1. The lowest BCUT2D eigenvalue weighted by Gasteiger charge is -2.09. The van der Waals surface area contributed by atoms with E-state index in [2.05, 4.69) is 51.2 Å². The van der Waals surface area contributed by atoms with Gasteiger partial charge in [-0.1, -0.05) is 46.7 Å². The van der Waals surface area contributed by atoms with Crippen LogP contribution in [0, 0.1) is 6.92 Å². The topological polar surface area (TPSA) is 66.9 Å². The summed E-state index contributed by atoms with van der Waals surface area (Å²) in [4.78, 5) is 21.1. The molecular formula is C21H17ClN4OS2. The number of carbonyl (C=O) groups excluding carboxylic acids is 1. The van der Waals surface area contributed by atoms with Crippen molar-refractivity contribution in [2.45, 2.75) is 18.7 Å². The number of nitrogens with one attached hydrogen (secondary N) is 2. The molecule has 0 saturated carbocycles. The van der Waals surface area contributed by atoms with Gasteiger partial charge in [0.2, 0.25) is 5.91 Å². The second kappa shape index (κ2) is 8.41. The number of pyridine rings is 1. The van der Waals surface area contributed by atoms with Gasteiger partial charge in [0.1, 0.15) is 0 Å². The highest BCUT2D eigenvalue weighted by molar-refractivity contribution is 8.00. The zero-order valence-corrected chi connectivity index (χ0v) is 18.1. The summed E-state index contributed by atoms with van der Waals surface area (Å²) in [5.74, 6) is -0.132. The molecule has 0 unspecified atom stereocenters. The third-order valence-corrected chi connectivity index (χ3v) is 6.21. The Morgan fingerprint density at radius 1 is 1.10 bits per heavy atom. The number of hydrogen-bond acceptors (Lipinski definition) is 6. The summed E-state index contributed by atoms with van der Waals surface area (Å²) in [7, 11) is 0. The molecule has 0 saturated heterocycles. The molecule has 2 heterocycles. The Labute approximate surface area is 181 Å². The normalized spacial score (nSPS) is 10.9.